The number of carbonyl (C=O) groups is 2. The van der Waals surface area contributed by atoms with Crippen molar-refractivity contribution < 1.29 is 68.6 Å². The second-order valence-corrected chi connectivity index (χ2v) is 16.4. The average molecular weight is 711 g/mol. The van der Waals surface area contributed by atoms with Gasteiger partial charge in [0.25, 0.3) is 0 Å². The number of methoxy groups -OCH3 is 1. The Balaban J connectivity index is 1.05. The van der Waals surface area contributed by atoms with Crippen molar-refractivity contribution in [3.8, 4) is 0 Å². The van der Waals surface area contributed by atoms with E-state index in [1.807, 2.05) is 6.92 Å². The molecular weight excluding hydrogens is 656 g/mol. The van der Waals surface area contributed by atoms with Crippen molar-refractivity contribution in [2.24, 2.45) is 28.6 Å². The zero-order valence-electron chi connectivity index (χ0n) is 29.1. The van der Waals surface area contributed by atoms with Crippen LogP contribution < -0.4 is 0 Å². The molecule has 282 valence electrons. The molecule has 4 saturated carbocycles. The van der Waals surface area contributed by atoms with Crippen molar-refractivity contribution in [2.75, 3.05) is 20.3 Å². The van der Waals surface area contributed by atoms with Crippen molar-refractivity contribution in [1.29, 1.82) is 0 Å². The number of carbonyl (C=O) groups excluding carboxylic acids is 2. The fourth-order valence-corrected chi connectivity index (χ4v) is 11.5. The summed E-state index contributed by atoms with van der Waals surface area (Å²) in [5.74, 6) is -0.692. The summed E-state index contributed by atoms with van der Waals surface area (Å²) in [5.41, 5.74) is -2.97. The molecule has 0 spiro atoms. The van der Waals surface area contributed by atoms with E-state index in [0.29, 0.717) is 51.4 Å². The van der Waals surface area contributed by atoms with Crippen LogP contribution in [0.15, 0.2) is 11.6 Å². The molecule has 2 saturated heterocycles. The predicted molar refractivity (Wildman–Crippen MR) is 171 cm³/mol. The first-order chi connectivity index (χ1) is 23.7. The number of aliphatic hydroxyl groups excluding tert-OH is 4. The van der Waals surface area contributed by atoms with Gasteiger partial charge >= 0.3 is 5.97 Å². The third-order valence-electron chi connectivity index (χ3n) is 14.2. The van der Waals surface area contributed by atoms with Gasteiger partial charge < -0.3 is 63.9 Å². The van der Waals surface area contributed by atoms with Crippen LogP contribution in [-0.2, 0) is 38.0 Å². The molecule has 50 heavy (non-hydrogen) atoms. The van der Waals surface area contributed by atoms with E-state index in [1.165, 1.54) is 7.11 Å². The lowest BCUT2D eigenvalue weighted by atomic mass is 9.41. The smallest absolute Gasteiger partial charge is 0.331 e. The fourth-order valence-electron chi connectivity index (χ4n) is 11.5. The van der Waals surface area contributed by atoms with E-state index in [4.69, 9.17) is 28.4 Å². The first kappa shape index (κ1) is 36.8. The molecule has 6 fully saturated rings. The zero-order valence-corrected chi connectivity index (χ0v) is 29.1. The van der Waals surface area contributed by atoms with Gasteiger partial charge in [-0.1, -0.05) is 6.92 Å². The summed E-state index contributed by atoms with van der Waals surface area (Å²) in [6.45, 7) is 3.63. The molecule has 0 aromatic carbocycles. The number of ether oxygens (including phenoxy) is 6. The third-order valence-corrected chi connectivity index (χ3v) is 14.2. The van der Waals surface area contributed by atoms with E-state index in [0.717, 1.165) is 18.3 Å². The van der Waals surface area contributed by atoms with Gasteiger partial charge in [-0.3, -0.25) is 0 Å². The molecular formula is C36H54O14. The Morgan fingerprint density at radius 2 is 1.70 bits per heavy atom. The van der Waals surface area contributed by atoms with Crippen LogP contribution in [0.25, 0.3) is 0 Å². The monoisotopic (exact) mass is 710 g/mol. The maximum absolute atomic E-state index is 13.3. The molecule has 3 heterocycles. The van der Waals surface area contributed by atoms with E-state index in [2.05, 4.69) is 6.92 Å². The van der Waals surface area contributed by atoms with Crippen molar-refractivity contribution in [3.05, 3.63) is 11.6 Å². The first-order valence-corrected chi connectivity index (χ1v) is 18.3. The van der Waals surface area contributed by atoms with Gasteiger partial charge in [0, 0.05) is 31.4 Å². The number of rotatable bonds is 8. The molecule has 4 aliphatic carbocycles. The maximum Gasteiger partial charge on any atom is 0.331 e. The Kier molecular flexibility index (Phi) is 9.84. The summed E-state index contributed by atoms with van der Waals surface area (Å²) in [7, 11) is 1.47. The Bertz CT molecular complexity index is 1330. The van der Waals surface area contributed by atoms with Crippen LogP contribution in [0.4, 0.5) is 0 Å². The van der Waals surface area contributed by atoms with Crippen LogP contribution in [0.2, 0.25) is 0 Å². The fraction of sp³-hybridized carbons (Fsp3) is 0.889. The summed E-state index contributed by atoms with van der Waals surface area (Å²) in [6, 6.07) is 0. The number of aliphatic hydroxyl groups is 6. The minimum Gasteiger partial charge on any atom is -0.458 e. The molecule has 17 atom stereocenters. The van der Waals surface area contributed by atoms with E-state index < -0.39 is 83.9 Å². The Hall–Kier alpha value is -1.56. The van der Waals surface area contributed by atoms with Gasteiger partial charge in [0.15, 0.2) is 12.6 Å². The summed E-state index contributed by atoms with van der Waals surface area (Å²) < 4.78 is 35.4. The lowest BCUT2D eigenvalue weighted by molar-refractivity contribution is -0.349. The largest absolute Gasteiger partial charge is 0.458 e. The molecule has 0 aromatic heterocycles. The number of fused-ring (bicyclic) bond motifs is 5. The average Bonchev–Trinajstić information content (AvgIpc) is 3.63. The minimum atomic E-state index is -1.59. The van der Waals surface area contributed by atoms with Crippen LogP contribution in [0.3, 0.4) is 0 Å². The van der Waals surface area contributed by atoms with E-state index >= 15 is 0 Å². The van der Waals surface area contributed by atoms with E-state index in [1.54, 1.807) is 6.08 Å². The molecule has 0 bridgehead atoms. The highest BCUT2D eigenvalue weighted by Gasteiger charge is 2.71. The number of hydrogen-bond acceptors (Lipinski definition) is 14. The van der Waals surface area contributed by atoms with Crippen LogP contribution in [-0.4, -0.2) is 136 Å². The number of cyclic esters (lactones) is 1. The first-order valence-electron chi connectivity index (χ1n) is 18.3. The van der Waals surface area contributed by atoms with Gasteiger partial charge in [-0.25, -0.2) is 4.79 Å². The van der Waals surface area contributed by atoms with Crippen LogP contribution in [0.1, 0.15) is 78.1 Å². The van der Waals surface area contributed by atoms with Gasteiger partial charge in [-0.15, -0.1) is 0 Å². The predicted octanol–water partition coefficient (Wildman–Crippen LogP) is 0.258. The molecule has 6 N–H and O–H groups in total. The van der Waals surface area contributed by atoms with Gasteiger partial charge in [-0.05, 0) is 81.6 Å². The summed E-state index contributed by atoms with van der Waals surface area (Å²) >= 11 is 0. The van der Waals surface area contributed by atoms with Crippen LogP contribution >= 0.6 is 0 Å². The molecule has 0 amide bonds. The topological polar surface area (TPSA) is 211 Å². The molecule has 0 unspecified atom stereocenters. The molecule has 14 nitrogen and oxygen atoms in total. The second-order valence-electron chi connectivity index (χ2n) is 16.4. The minimum absolute atomic E-state index is 0.0251. The molecule has 0 radical (unpaired) electrons. The molecule has 3 aliphatic heterocycles. The SMILES string of the molecule is CO[C@H]1[C@H](O[C@H]2CC[C@]3(C=O)[C@H]4CC[C@]5(C)[C@@H](C6=CC(=O)OC6)CC[C@]5(O)[C@@H]4CC[C@]3(O)C2)O[C@H](C)C[C@H]1O[C@@H]1O[C@H](CO)[C@@H](O)[C@H](O)[C@H]1O. The molecule has 14 heteroatoms. The molecule has 7 aliphatic rings. The Morgan fingerprint density at radius 3 is 2.38 bits per heavy atom. The Labute approximate surface area is 292 Å². The van der Waals surface area contributed by atoms with E-state index in [9.17, 15) is 40.2 Å². The quantitative estimate of drug-likeness (QED) is 0.113. The second kappa shape index (κ2) is 13.4. The van der Waals surface area contributed by atoms with Crippen LogP contribution in [0.5, 0.6) is 0 Å². The summed E-state index contributed by atoms with van der Waals surface area (Å²) in [6.07, 6.45) is -2.98. The highest BCUT2D eigenvalue weighted by Crippen LogP contribution is 2.70. The van der Waals surface area contributed by atoms with Crippen molar-refractivity contribution >= 4 is 12.3 Å². The summed E-state index contributed by atoms with van der Waals surface area (Å²) in [5, 5.41) is 65.6. The van der Waals surface area contributed by atoms with Gasteiger partial charge in [0.1, 0.15) is 43.4 Å². The number of aldehydes is 1. The van der Waals surface area contributed by atoms with Gasteiger partial charge in [-0.2, -0.15) is 0 Å². The Morgan fingerprint density at radius 1 is 0.940 bits per heavy atom. The molecule has 7 rings (SSSR count). The van der Waals surface area contributed by atoms with Gasteiger partial charge in [0.05, 0.1) is 41.5 Å². The van der Waals surface area contributed by atoms with E-state index in [-0.39, 0.29) is 42.9 Å². The summed E-state index contributed by atoms with van der Waals surface area (Å²) in [4.78, 5) is 25.2. The zero-order chi connectivity index (χ0) is 35.8. The highest BCUT2D eigenvalue weighted by molar-refractivity contribution is 5.85. The molecule has 0 aromatic rings. The number of esters is 1. The number of hydrogen-bond donors (Lipinski definition) is 6. The third kappa shape index (κ3) is 5.55. The van der Waals surface area contributed by atoms with Crippen molar-refractivity contribution in [3.63, 3.8) is 0 Å². The lowest BCUT2D eigenvalue weighted by Gasteiger charge is -2.65. The van der Waals surface area contributed by atoms with Crippen molar-refractivity contribution in [1.82, 2.24) is 0 Å². The van der Waals surface area contributed by atoms with Crippen LogP contribution in [0, 0.1) is 28.6 Å². The normalized spacial score (nSPS) is 53.5. The van der Waals surface area contributed by atoms with Crippen molar-refractivity contribution in [2.45, 2.75) is 151 Å². The highest BCUT2D eigenvalue weighted by atomic mass is 16.7. The standard InChI is InChI=1S/C36H54O14/c1-18-12-24(49-31-29(42)28(41)27(40)25(15-37)50-31)30(45-3)32(47-18)48-20-4-9-34(17-38)22-5-8-33(2)21(19-13-26(39)46-16-19)7-11-36(33,44)23(22)6-10-35(34,43)14-20/h13,17-18,20-25,27-32,37,40-44H,4-12,14-16H2,1-3H3/t18-,20+,21-,22+,23-,24-,25-,27-,28+,29-,30-,31-,32+,33-,34+,35+,36+/m1/s1. The lowest BCUT2D eigenvalue weighted by Crippen LogP contribution is -2.69. The van der Waals surface area contributed by atoms with Gasteiger partial charge in [0.2, 0.25) is 0 Å². The maximum atomic E-state index is 13.3.